The topological polar surface area (TPSA) is 0 Å². The van der Waals surface area contributed by atoms with E-state index in [0.717, 1.165) is 0 Å². The first-order valence-corrected chi connectivity index (χ1v) is 13.7. The Hall–Kier alpha value is -3.90. The SMILES string of the molecule is C/C=C\C1=C(/C=C/C(C)(C)C)c2ccc(-c3ccc(C)c(-c4ccccc4C)c3)cc2C1c1ccccc1. The largest absolute Gasteiger partial charge is 0.0873 e. The van der Waals surface area contributed by atoms with Crippen molar-refractivity contribution in [3.05, 3.63) is 149 Å². The van der Waals surface area contributed by atoms with Gasteiger partial charge in [0.05, 0.1) is 0 Å². The van der Waals surface area contributed by atoms with E-state index in [9.17, 15) is 0 Å². The lowest BCUT2D eigenvalue weighted by molar-refractivity contribution is 0.544. The lowest BCUT2D eigenvalue weighted by Gasteiger charge is -2.17. The van der Waals surface area contributed by atoms with Gasteiger partial charge in [0.1, 0.15) is 0 Å². The van der Waals surface area contributed by atoms with Gasteiger partial charge in [0.2, 0.25) is 0 Å². The molecule has 1 unspecified atom stereocenters. The van der Waals surface area contributed by atoms with Gasteiger partial charge in [-0.15, -0.1) is 0 Å². The summed E-state index contributed by atoms with van der Waals surface area (Å²) in [5.74, 6) is 0.211. The molecule has 0 nitrogen and oxygen atoms in total. The van der Waals surface area contributed by atoms with Gasteiger partial charge < -0.3 is 0 Å². The molecule has 1 aliphatic rings. The monoisotopic (exact) mass is 494 g/mol. The maximum Gasteiger partial charge on any atom is 0.0352 e. The highest BCUT2D eigenvalue weighted by atomic mass is 14.3. The van der Waals surface area contributed by atoms with Crippen molar-refractivity contribution in [1.29, 1.82) is 0 Å². The number of rotatable bonds is 5. The van der Waals surface area contributed by atoms with Gasteiger partial charge in [-0.05, 0) is 99.5 Å². The van der Waals surface area contributed by atoms with Crippen molar-refractivity contribution in [1.82, 2.24) is 0 Å². The summed E-state index contributed by atoms with van der Waals surface area (Å²) >= 11 is 0. The third-order valence-electron chi connectivity index (χ3n) is 7.51. The van der Waals surface area contributed by atoms with Crippen LogP contribution in [-0.2, 0) is 0 Å². The van der Waals surface area contributed by atoms with Crippen LogP contribution in [0.2, 0.25) is 0 Å². The Labute approximate surface area is 229 Å². The highest BCUT2D eigenvalue weighted by molar-refractivity contribution is 5.89. The van der Waals surface area contributed by atoms with E-state index in [4.69, 9.17) is 0 Å². The average molecular weight is 495 g/mol. The number of hydrogen-bond donors (Lipinski definition) is 0. The second kappa shape index (κ2) is 10.5. The second-order valence-corrected chi connectivity index (χ2v) is 11.6. The van der Waals surface area contributed by atoms with E-state index in [1.165, 1.54) is 61.2 Å². The van der Waals surface area contributed by atoms with E-state index >= 15 is 0 Å². The lowest BCUT2D eigenvalue weighted by atomic mass is 9.86. The predicted octanol–water partition coefficient (Wildman–Crippen LogP) is 10.7. The Morgan fingerprint density at radius 3 is 2.00 bits per heavy atom. The molecule has 1 aliphatic carbocycles. The zero-order valence-corrected chi connectivity index (χ0v) is 23.5. The Kier molecular flexibility index (Phi) is 7.09. The van der Waals surface area contributed by atoms with E-state index in [1.54, 1.807) is 0 Å². The normalized spacial score (nSPS) is 15.6. The molecule has 190 valence electrons. The minimum absolute atomic E-state index is 0.118. The quantitative estimate of drug-likeness (QED) is 0.259. The van der Waals surface area contributed by atoms with E-state index < -0.39 is 0 Å². The molecule has 0 radical (unpaired) electrons. The van der Waals surface area contributed by atoms with Crippen LogP contribution in [0.15, 0.2) is 121 Å². The summed E-state index contributed by atoms with van der Waals surface area (Å²) in [4.78, 5) is 0. The molecule has 38 heavy (non-hydrogen) atoms. The summed E-state index contributed by atoms with van der Waals surface area (Å²) < 4.78 is 0. The van der Waals surface area contributed by atoms with Crippen molar-refractivity contribution in [2.24, 2.45) is 5.41 Å². The second-order valence-electron chi connectivity index (χ2n) is 11.6. The van der Waals surface area contributed by atoms with Crippen LogP contribution in [0.1, 0.15) is 61.4 Å². The smallest absolute Gasteiger partial charge is 0.0352 e. The number of allylic oxidation sites excluding steroid dienone is 6. The Bertz CT molecular complexity index is 1550. The van der Waals surface area contributed by atoms with Gasteiger partial charge in [-0.3, -0.25) is 0 Å². The lowest BCUT2D eigenvalue weighted by Crippen LogP contribution is -2.00. The number of fused-ring (bicyclic) bond motifs is 1. The molecule has 0 heterocycles. The molecule has 0 fully saturated rings. The summed E-state index contributed by atoms with van der Waals surface area (Å²) in [5.41, 5.74) is 14.6. The van der Waals surface area contributed by atoms with Crippen LogP contribution in [0.5, 0.6) is 0 Å². The first-order valence-electron chi connectivity index (χ1n) is 13.7. The zero-order chi connectivity index (χ0) is 26.9. The molecule has 1 atom stereocenters. The molecule has 0 amide bonds. The summed E-state index contributed by atoms with van der Waals surface area (Å²) in [7, 11) is 0. The molecular formula is C38H38. The third-order valence-corrected chi connectivity index (χ3v) is 7.51. The molecule has 0 aliphatic heterocycles. The van der Waals surface area contributed by atoms with Crippen LogP contribution in [0, 0.1) is 19.3 Å². The van der Waals surface area contributed by atoms with Gasteiger partial charge in [-0.25, -0.2) is 0 Å². The summed E-state index contributed by atoms with van der Waals surface area (Å²) in [6.07, 6.45) is 9.17. The molecule has 0 saturated carbocycles. The highest BCUT2D eigenvalue weighted by Gasteiger charge is 2.30. The van der Waals surface area contributed by atoms with Gasteiger partial charge in [0.15, 0.2) is 0 Å². The molecule has 0 bridgehead atoms. The minimum atomic E-state index is 0.118. The van der Waals surface area contributed by atoms with Gasteiger partial charge >= 0.3 is 0 Å². The van der Waals surface area contributed by atoms with E-state index in [0.29, 0.717) is 0 Å². The first kappa shape index (κ1) is 25.7. The van der Waals surface area contributed by atoms with Gasteiger partial charge in [-0.2, -0.15) is 0 Å². The maximum atomic E-state index is 2.43. The van der Waals surface area contributed by atoms with Crippen LogP contribution >= 0.6 is 0 Å². The molecule has 4 aromatic rings. The Morgan fingerprint density at radius 1 is 0.632 bits per heavy atom. The van der Waals surface area contributed by atoms with Crippen LogP contribution in [0.25, 0.3) is 27.8 Å². The van der Waals surface area contributed by atoms with Gasteiger partial charge in [0.25, 0.3) is 0 Å². The van der Waals surface area contributed by atoms with Crippen LogP contribution in [0.4, 0.5) is 0 Å². The van der Waals surface area contributed by atoms with Crippen molar-refractivity contribution >= 4 is 5.57 Å². The first-order chi connectivity index (χ1) is 18.3. The van der Waals surface area contributed by atoms with Crippen molar-refractivity contribution in [2.75, 3.05) is 0 Å². The van der Waals surface area contributed by atoms with E-state index in [-0.39, 0.29) is 11.3 Å². The maximum absolute atomic E-state index is 2.43. The molecule has 4 aromatic carbocycles. The van der Waals surface area contributed by atoms with Crippen molar-refractivity contribution in [3.63, 3.8) is 0 Å². The molecular weight excluding hydrogens is 456 g/mol. The Morgan fingerprint density at radius 2 is 1.29 bits per heavy atom. The number of hydrogen-bond acceptors (Lipinski definition) is 0. The molecule has 0 spiro atoms. The zero-order valence-electron chi connectivity index (χ0n) is 23.5. The fourth-order valence-electron chi connectivity index (χ4n) is 5.56. The standard InChI is InChI=1S/C38H38/c1-7-13-34-33(22-23-38(4,5)6)32-21-20-30(25-36(32)37(34)28-15-9-8-10-16-28)29-19-18-27(3)35(24-29)31-17-12-11-14-26(31)2/h7-25,37H,1-6H3/b13-7-,23-22+. The molecule has 5 rings (SSSR count). The summed E-state index contributed by atoms with van der Waals surface area (Å²) in [6, 6.07) is 33.6. The molecule has 0 N–H and O–H groups in total. The number of benzene rings is 4. The van der Waals surface area contributed by atoms with Crippen LogP contribution < -0.4 is 0 Å². The molecule has 0 aromatic heterocycles. The number of aryl methyl sites for hydroxylation is 2. The minimum Gasteiger partial charge on any atom is -0.0873 e. The fourth-order valence-corrected chi connectivity index (χ4v) is 5.56. The van der Waals surface area contributed by atoms with E-state index in [1.807, 2.05) is 0 Å². The predicted molar refractivity (Wildman–Crippen MR) is 165 cm³/mol. The van der Waals surface area contributed by atoms with Gasteiger partial charge in [-0.1, -0.05) is 124 Å². The molecule has 0 heteroatoms. The van der Waals surface area contributed by atoms with Crippen molar-refractivity contribution in [2.45, 2.75) is 47.5 Å². The fraction of sp³-hybridized carbons (Fsp3) is 0.211. The third kappa shape index (κ3) is 5.09. The average Bonchev–Trinajstić information content (AvgIpc) is 3.21. The van der Waals surface area contributed by atoms with Crippen LogP contribution in [-0.4, -0.2) is 0 Å². The Balaban J connectivity index is 1.68. The molecule has 0 saturated heterocycles. The summed E-state index contributed by atoms with van der Waals surface area (Å²) in [5, 5.41) is 0. The van der Waals surface area contributed by atoms with Crippen molar-refractivity contribution < 1.29 is 0 Å². The van der Waals surface area contributed by atoms with Crippen LogP contribution in [0.3, 0.4) is 0 Å². The van der Waals surface area contributed by atoms with E-state index in [2.05, 4.69) is 157 Å². The van der Waals surface area contributed by atoms with Gasteiger partial charge in [0, 0.05) is 5.92 Å². The highest BCUT2D eigenvalue weighted by Crippen LogP contribution is 2.48. The van der Waals surface area contributed by atoms with Crippen molar-refractivity contribution in [3.8, 4) is 22.3 Å². The summed E-state index contributed by atoms with van der Waals surface area (Å²) in [6.45, 7) is 13.3.